The smallest absolute Gasteiger partial charge is 0.309 e. The first kappa shape index (κ1) is 26.7. The fourth-order valence-corrected chi connectivity index (χ4v) is 10.5. The van der Waals surface area contributed by atoms with Gasteiger partial charge in [0.15, 0.2) is 0 Å². The maximum absolute atomic E-state index is 14.3. The molecule has 0 unspecified atom stereocenters. The Morgan fingerprint density at radius 3 is 2.31 bits per heavy atom. The normalized spacial score (nSPS) is 41.2. The van der Waals surface area contributed by atoms with Gasteiger partial charge in [-0.05, 0) is 92.4 Å². The summed E-state index contributed by atoms with van der Waals surface area (Å²) in [5, 5.41) is 15.5. The third-order valence-electron chi connectivity index (χ3n) is 11.6. The molecule has 7 rings (SSSR count). The van der Waals surface area contributed by atoms with Crippen LogP contribution in [0.2, 0.25) is 0 Å². The fourth-order valence-electron chi connectivity index (χ4n) is 10.00. The van der Waals surface area contributed by atoms with E-state index in [1.165, 1.54) is 34.7 Å². The molecule has 1 saturated heterocycles. The number of carboxylic acids is 1. The zero-order chi connectivity index (χ0) is 28.3. The van der Waals surface area contributed by atoms with E-state index in [1.807, 2.05) is 6.92 Å². The number of carboxylic acid groups (broad SMARTS) is 1. The maximum atomic E-state index is 14.3. The van der Waals surface area contributed by atoms with Gasteiger partial charge in [-0.1, -0.05) is 38.8 Å². The molecule has 1 aliphatic heterocycles. The van der Waals surface area contributed by atoms with E-state index in [0.717, 1.165) is 25.7 Å². The number of fused-ring (bicyclic) bond motifs is 1. The standard InChI is InChI=1S/C30H38N2O6S/c1-16(2)20-15-30-13-10-21-28(3,11-5-12-29(21,4)27(35)36)22(30)14-19(20)23-24(30)26(34)32(25(23)33)17-6-8-18(9-7-17)39(31,37)38/h6-9,15-16,19,21-24H,5,10-14H2,1-4H3,(H,35,36)(H2,31,37,38)/t19-,21+,22+,23-,24+,28+,29-,30+/m1/s1. The van der Waals surface area contributed by atoms with Crippen molar-refractivity contribution in [2.45, 2.75) is 71.1 Å². The van der Waals surface area contributed by atoms with E-state index in [2.05, 4.69) is 26.8 Å². The molecule has 0 aromatic heterocycles. The second-order valence-electron chi connectivity index (χ2n) is 13.5. The van der Waals surface area contributed by atoms with Crippen LogP contribution in [0.15, 0.2) is 40.8 Å². The highest BCUT2D eigenvalue weighted by atomic mass is 32.2. The number of carbonyl (C=O) groups is 3. The van der Waals surface area contributed by atoms with E-state index in [1.54, 1.807) is 0 Å². The number of amides is 2. The molecule has 1 spiro atoms. The summed E-state index contributed by atoms with van der Waals surface area (Å²) in [4.78, 5) is 42.1. The van der Waals surface area contributed by atoms with Crippen molar-refractivity contribution >= 4 is 33.5 Å². The lowest BCUT2D eigenvalue weighted by molar-refractivity contribution is -0.194. The minimum absolute atomic E-state index is 0.0228. The molecule has 1 aromatic carbocycles. The van der Waals surface area contributed by atoms with Gasteiger partial charge in [-0.25, -0.2) is 13.6 Å². The monoisotopic (exact) mass is 554 g/mol. The van der Waals surface area contributed by atoms with Gasteiger partial charge in [0, 0.05) is 5.41 Å². The van der Waals surface area contributed by atoms with E-state index in [4.69, 9.17) is 5.14 Å². The number of allylic oxidation sites excluding steroid dienone is 2. The molecule has 1 aromatic rings. The number of sulfonamides is 1. The topological polar surface area (TPSA) is 135 Å². The van der Waals surface area contributed by atoms with E-state index >= 15 is 0 Å². The summed E-state index contributed by atoms with van der Waals surface area (Å²) >= 11 is 0. The molecule has 0 radical (unpaired) electrons. The summed E-state index contributed by atoms with van der Waals surface area (Å²) in [5.74, 6) is -1.80. The Kier molecular flexibility index (Phi) is 5.65. The molecule has 2 bridgehead atoms. The van der Waals surface area contributed by atoms with Crippen molar-refractivity contribution in [1.82, 2.24) is 0 Å². The van der Waals surface area contributed by atoms with Crippen LogP contribution < -0.4 is 10.0 Å². The van der Waals surface area contributed by atoms with Crippen molar-refractivity contribution < 1.29 is 27.9 Å². The average Bonchev–Trinajstić information content (AvgIpc) is 3.14. The highest BCUT2D eigenvalue weighted by Gasteiger charge is 2.73. The number of benzene rings is 1. The van der Waals surface area contributed by atoms with Crippen LogP contribution in [0.4, 0.5) is 5.69 Å². The van der Waals surface area contributed by atoms with Gasteiger partial charge in [-0.15, -0.1) is 0 Å². The third kappa shape index (κ3) is 3.38. The Hall–Kier alpha value is -2.52. The summed E-state index contributed by atoms with van der Waals surface area (Å²) in [6.45, 7) is 8.46. The van der Waals surface area contributed by atoms with E-state index in [-0.39, 0.29) is 45.8 Å². The number of hydrogen-bond donors (Lipinski definition) is 2. The predicted octanol–water partition coefficient (Wildman–Crippen LogP) is 4.35. The Morgan fingerprint density at radius 2 is 1.72 bits per heavy atom. The van der Waals surface area contributed by atoms with Crippen LogP contribution in [-0.4, -0.2) is 31.3 Å². The van der Waals surface area contributed by atoms with Gasteiger partial charge < -0.3 is 5.11 Å². The number of hydrogen-bond acceptors (Lipinski definition) is 5. The largest absolute Gasteiger partial charge is 0.481 e. The maximum Gasteiger partial charge on any atom is 0.309 e. The molecule has 1 heterocycles. The number of carbonyl (C=O) groups excluding carboxylic acids is 2. The highest BCUT2D eigenvalue weighted by molar-refractivity contribution is 7.89. The molecule has 3 N–H and O–H groups in total. The SMILES string of the molecule is CC(C)C1=C[C@@]23CC[C@H]4[C@](C)(CCC[C@@]4(C)C(=O)O)[C@@H]2C[C@H]1[C@H]1C(=O)N(c2ccc(S(N)(=O)=O)cc2)C(=O)[C@H]13. The van der Waals surface area contributed by atoms with Crippen LogP contribution in [0.25, 0.3) is 0 Å². The molecule has 3 saturated carbocycles. The first-order chi connectivity index (χ1) is 18.2. The predicted molar refractivity (Wildman–Crippen MR) is 145 cm³/mol. The lowest BCUT2D eigenvalue weighted by Crippen LogP contribution is -2.65. The Bertz CT molecular complexity index is 1420. The van der Waals surface area contributed by atoms with Crippen molar-refractivity contribution in [3.8, 4) is 0 Å². The molecule has 4 fully saturated rings. The van der Waals surface area contributed by atoms with Gasteiger partial charge in [-0.3, -0.25) is 19.3 Å². The molecule has 2 amide bonds. The second-order valence-corrected chi connectivity index (χ2v) is 15.1. The van der Waals surface area contributed by atoms with Gasteiger partial charge in [0.25, 0.3) is 0 Å². The van der Waals surface area contributed by atoms with E-state index < -0.39 is 38.7 Å². The van der Waals surface area contributed by atoms with Gasteiger partial charge in [0.05, 0.1) is 27.8 Å². The van der Waals surface area contributed by atoms with Gasteiger partial charge in [0.2, 0.25) is 21.8 Å². The van der Waals surface area contributed by atoms with E-state index in [0.29, 0.717) is 18.5 Å². The number of aliphatic carboxylic acids is 1. The molecular formula is C30H38N2O6S. The Balaban J connectivity index is 1.46. The Morgan fingerprint density at radius 1 is 1.05 bits per heavy atom. The summed E-state index contributed by atoms with van der Waals surface area (Å²) in [5.41, 5.74) is 0.0882. The number of primary sulfonamides is 1. The number of nitrogens with two attached hydrogens (primary N) is 1. The Labute approximate surface area is 230 Å². The molecule has 8 atom stereocenters. The zero-order valence-corrected chi connectivity index (χ0v) is 23.8. The molecule has 210 valence electrons. The average molecular weight is 555 g/mol. The van der Waals surface area contributed by atoms with Crippen molar-refractivity contribution in [1.29, 1.82) is 0 Å². The molecule has 5 aliphatic carbocycles. The number of nitrogens with zero attached hydrogens (tertiary/aromatic N) is 1. The van der Waals surface area contributed by atoms with Crippen molar-refractivity contribution in [2.75, 3.05) is 4.90 Å². The lowest BCUT2D eigenvalue weighted by atomic mass is 9.34. The zero-order valence-electron chi connectivity index (χ0n) is 23.0. The molecule has 39 heavy (non-hydrogen) atoms. The van der Waals surface area contributed by atoms with Crippen molar-refractivity contribution in [3.63, 3.8) is 0 Å². The van der Waals surface area contributed by atoms with Crippen LogP contribution in [0, 0.1) is 51.8 Å². The van der Waals surface area contributed by atoms with E-state index in [9.17, 15) is 27.9 Å². The first-order valence-corrected chi connectivity index (χ1v) is 15.7. The minimum Gasteiger partial charge on any atom is -0.481 e. The molecule has 6 aliphatic rings. The van der Waals surface area contributed by atoms with Crippen LogP contribution in [0.1, 0.15) is 66.2 Å². The van der Waals surface area contributed by atoms with Gasteiger partial charge in [0.1, 0.15) is 0 Å². The fraction of sp³-hybridized carbons (Fsp3) is 0.633. The quantitative estimate of drug-likeness (QED) is 0.420. The van der Waals surface area contributed by atoms with Crippen LogP contribution >= 0.6 is 0 Å². The number of imide groups is 1. The summed E-state index contributed by atoms with van der Waals surface area (Å²) in [6, 6.07) is 5.64. The summed E-state index contributed by atoms with van der Waals surface area (Å²) < 4.78 is 23.5. The van der Waals surface area contributed by atoms with Gasteiger partial charge in [-0.2, -0.15) is 0 Å². The van der Waals surface area contributed by atoms with Crippen molar-refractivity contribution in [3.05, 3.63) is 35.9 Å². The molecule has 9 heteroatoms. The molecule has 8 nitrogen and oxygen atoms in total. The number of anilines is 1. The highest BCUT2D eigenvalue weighted by Crippen LogP contribution is 2.74. The van der Waals surface area contributed by atoms with Crippen LogP contribution in [-0.2, 0) is 24.4 Å². The summed E-state index contributed by atoms with van der Waals surface area (Å²) in [7, 11) is -3.90. The number of rotatable bonds is 4. The molecular weight excluding hydrogens is 516 g/mol. The second kappa shape index (κ2) is 8.26. The minimum atomic E-state index is -3.90. The summed E-state index contributed by atoms with van der Waals surface area (Å²) in [6.07, 6.45) is 7.01. The first-order valence-electron chi connectivity index (χ1n) is 14.1. The van der Waals surface area contributed by atoms with Crippen molar-refractivity contribution in [2.24, 2.45) is 56.9 Å². The third-order valence-corrected chi connectivity index (χ3v) is 12.5. The van der Waals surface area contributed by atoms with Crippen LogP contribution in [0.5, 0.6) is 0 Å². The van der Waals surface area contributed by atoms with Gasteiger partial charge >= 0.3 is 5.97 Å². The lowest BCUT2D eigenvalue weighted by Gasteiger charge is -2.68. The van der Waals surface area contributed by atoms with Crippen LogP contribution in [0.3, 0.4) is 0 Å².